The second-order valence-electron chi connectivity index (χ2n) is 6.42. The van der Waals surface area contributed by atoms with Crippen LogP contribution in [-0.4, -0.2) is 6.04 Å². The zero-order chi connectivity index (χ0) is 13.7. The summed E-state index contributed by atoms with van der Waals surface area (Å²) in [6, 6.07) is 7.26. The molecular formula is C17H29N. The van der Waals surface area contributed by atoms with Gasteiger partial charge in [-0.1, -0.05) is 45.4 Å². The monoisotopic (exact) mass is 247 g/mol. The maximum absolute atomic E-state index is 3.74. The van der Waals surface area contributed by atoms with Gasteiger partial charge in [-0.25, -0.2) is 0 Å². The van der Waals surface area contributed by atoms with Gasteiger partial charge < -0.3 is 5.32 Å². The molecule has 0 aliphatic heterocycles. The van der Waals surface area contributed by atoms with Gasteiger partial charge >= 0.3 is 0 Å². The lowest BCUT2D eigenvalue weighted by molar-refractivity contribution is 0.442. The van der Waals surface area contributed by atoms with E-state index in [0.717, 1.165) is 11.8 Å². The molecule has 0 spiro atoms. The van der Waals surface area contributed by atoms with Crippen molar-refractivity contribution < 1.29 is 0 Å². The van der Waals surface area contributed by atoms with E-state index in [1.165, 1.54) is 29.7 Å². The lowest BCUT2D eigenvalue weighted by atomic mass is 9.95. The highest BCUT2D eigenvalue weighted by Crippen LogP contribution is 2.22. The van der Waals surface area contributed by atoms with Crippen molar-refractivity contribution >= 4 is 5.69 Å². The van der Waals surface area contributed by atoms with E-state index in [1.807, 2.05) is 0 Å². The lowest BCUT2D eigenvalue weighted by Crippen LogP contribution is -2.24. The average Bonchev–Trinajstić information content (AvgIpc) is 2.20. The molecule has 0 aliphatic carbocycles. The molecular weight excluding hydrogens is 218 g/mol. The highest BCUT2D eigenvalue weighted by Gasteiger charge is 2.13. The van der Waals surface area contributed by atoms with Crippen LogP contribution >= 0.6 is 0 Å². The van der Waals surface area contributed by atoms with Crippen LogP contribution in [0.1, 0.15) is 51.7 Å². The maximum atomic E-state index is 3.74. The Labute approximate surface area is 113 Å². The highest BCUT2D eigenvalue weighted by molar-refractivity contribution is 5.52. The van der Waals surface area contributed by atoms with Gasteiger partial charge in [-0.2, -0.15) is 0 Å². The first-order chi connectivity index (χ1) is 8.38. The molecule has 1 N–H and O–H groups in total. The molecule has 0 radical (unpaired) electrons. The molecule has 18 heavy (non-hydrogen) atoms. The normalized spacial score (nSPS) is 11.6. The Hall–Kier alpha value is -0.980. The van der Waals surface area contributed by atoms with Crippen LogP contribution in [-0.2, 0) is 0 Å². The summed E-state index contributed by atoms with van der Waals surface area (Å²) >= 11 is 0. The van der Waals surface area contributed by atoms with Crippen LogP contribution in [0.5, 0.6) is 0 Å². The third-order valence-corrected chi connectivity index (χ3v) is 3.25. The Morgan fingerprint density at radius 1 is 0.944 bits per heavy atom. The van der Waals surface area contributed by atoms with Crippen molar-refractivity contribution in [1.29, 1.82) is 0 Å². The van der Waals surface area contributed by atoms with Crippen LogP contribution < -0.4 is 5.32 Å². The number of hydrogen-bond donors (Lipinski definition) is 1. The lowest BCUT2D eigenvalue weighted by Gasteiger charge is -2.24. The molecule has 1 aromatic rings. The Morgan fingerprint density at radius 3 is 1.94 bits per heavy atom. The number of benzene rings is 1. The zero-order valence-electron chi connectivity index (χ0n) is 12.9. The van der Waals surface area contributed by atoms with E-state index in [1.54, 1.807) is 0 Å². The Kier molecular flexibility index (Phi) is 5.71. The molecule has 0 saturated carbocycles. The van der Waals surface area contributed by atoms with E-state index >= 15 is 0 Å². The summed E-state index contributed by atoms with van der Waals surface area (Å²) < 4.78 is 0. The largest absolute Gasteiger partial charge is 0.382 e. The molecule has 102 valence electrons. The third-order valence-electron chi connectivity index (χ3n) is 3.25. The summed E-state index contributed by atoms with van der Waals surface area (Å²) in [5.74, 6) is 1.49. The predicted octanol–water partition coefficient (Wildman–Crippen LogP) is 5.18. The fourth-order valence-corrected chi connectivity index (χ4v) is 2.55. The van der Waals surface area contributed by atoms with Crippen LogP contribution in [0.25, 0.3) is 0 Å². The van der Waals surface area contributed by atoms with Gasteiger partial charge in [0.2, 0.25) is 0 Å². The van der Waals surface area contributed by atoms with Gasteiger partial charge in [0, 0.05) is 11.7 Å². The van der Waals surface area contributed by atoms with Crippen molar-refractivity contribution in [2.24, 2.45) is 11.8 Å². The zero-order valence-corrected chi connectivity index (χ0v) is 12.9. The number of nitrogens with one attached hydrogen (secondary N) is 1. The smallest absolute Gasteiger partial charge is 0.0372 e. The van der Waals surface area contributed by atoms with Crippen molar-refractivity contribution in [3.05, 3.63) is 29.3 Å². The minimum atomic E-state index is 0.589. The molecule has 0 heterocycles. The maximum Gasteiger partial charge on any atom is 0.0372 e. The van der Waals surface area contributed by atoms with Crippen molar-refractivity contribution in [2.45, 2.75) is 60.4 Å². The van der Waals surface area contributed by atoms with Crippen molar-refractivity contribution in [2.75, 3.05) is 5.32 Å². The third kappa shape index (κ3) is 5.12. The molecule has 0 fully saturated rings. The van der Waals surface area contributed by atoms with Gasteiger partial charge in [0.1, 0.15) is 0 Å². The molecule has 1 rings (SSSR count). The molecule has 0 aliphatic rings. The summed E-state index contributed by atoms with van der Waals surface area (Å²) in [7, 11) is 0. The van der Waals surface area contributed by atoms with E-state index in [9.17, 15) is 0 Å². The van der Waals surface area contributed by atoms with E-state index < -0.39 is 0 Å². The Bertz CT molecular complexity index is 356. The predicted molar refractivity (Wildman–Crippen MR) is 82.2 cm³/mol. The van der Waals surface area contributed by atoms with Gasteiger partial charge in [-0.15, -0.1) is 0 Å². The molecule has 0 bridgehead atoms. The van der Waals surface area contributed by atoms with E-state index in [2.05, 4.69) is 65.1 Å². The quantitative estimate of drug-likeness (QED) is 0.730. The number of rotatable bonds is 6. The average molecular weight is 247 g/mol. The van der Waals surface area contributed by atoms with Gasteiger partial charge in [0.25, 0.3) is 0 Å². The van der Waals surface area contributed by atoms with E-state index in [4.69, 9.17) is 0 Å². The second kappa shape index (κ2) is 6.82. The molecule has 0 aromatic heterocycles. The van der Waals surface area contributed by atoms with Crippen molar-refractivity contribution in [3.63, 3.8) is 0 Å². The summed E-state index contributed by atoms with van der Waals surface area (Å²) in [6.45, 7) is 13.6. The van der Waals surface area contributed by atoms with Crippen LogP contribution in [0, 0.1) is 25.7 Å². The fourth-order valence-electron chi connectivity index (χ4n) is 2.55. The van der Waals surface area contributed by atoms with Gasteiger partial charge in [0.05, 0.1) is 0 Å². The first-order valence-electron chi connectivity index (χ1n) is 7.22. The molecule has 1 aromatic carbocycles. The number of hydrogen-bond acceptors (Lipinski definition) is 1. The molecule has 1 heteroatoms. The van der Waals surface area contributed by atoms with Gasteiger partial charge in [-0.05, 0) is 50.2 Å². The molecule has 0 unspecified atom stereocenters. The number of anilines is 1. The SMILES string of the molecule is Cc1ccc(NC(CC(C)C)CC(C)C)c(C)c1. The molecule has 0 saturated heterocycles. The Balaban J connectivity index is 2.75. The van der Waals surface area contributed by atoms with Crippen LogP contribution in [0.3, 0.4) is 0 Å². The fraction of sp³-hybridized carbons (Fsp3) is 0.647. The minimum absolute atomic E-state index is 0.589. The highest BCUT2D eigenvalue weighted by atomic mass is 14.9. The molecule has 1 nitrogen and oxygen atoms in total. The van der Waals surface area contributed by atoms with Crippen LogP contribution in [0.2, 0.25) is 0 Å². The summed E-state index contributed by atoms with van der Waals surface area (Å²) in [5, 5.41) is 3.74. The van der Waals surface area contributed by atoms with E-state index in [0.29, 0.717) is 6.04 Å². The summed E-state index contributed by atoms with van der Waals surface area (Å²) in [4.78, 5) is 0. The minimum Gasteiger partial charge on any atom is -0.382 e. The van der Waals surface area contributed by atoms with Gasteiger partial charge in [0.15, 0.2) is 0 Å². The van der Waals surface area contributed by atoms with Crippen LogP contribution in [0.4, 0.5) is 5.69 Å². The van der Waals surface area contributed by atoms with E-state index in [-0.39, 0.29) is 0 Å². The van der Waals surface area contributed by atoms with Gasteiger partial charge in [-0.3, -0.25) is 0 Å². The number of aryl methyl sites for hydroxylation is 2. The molecule has 0 amide bonds. The first-order valence-corrected chi connectivity index (χ1v) is 7.22. The standard InChI is InChI=1S/C17H29N/c1-12(2)9-16(10-13(3)4)18-17-8-7-14(5)11-15(17)6/h7-8,11-13,16,18H,9-10H2,1-6H3. The summed E-state index contributed by atoms with van der Waals surface area (Å²) in [5.41, 5.74) is 3.99. The summed E-state index contributed by atoms with van der Waals surface area (Å²) in [6.07, 6.45) is 2.48. The first kappa shape index (κ1) is 15.1. The van der Waals surface area contributed by atoms with Crippen LogP contribution in [0.15, 0.2) is 18.2 Å². The van der Waals surface area contributed by atoms with Crippen molar-refractivity contribution in [3.8, 4) is 0 Å². The second-order valence-corrected chi connectivity index (χ2v) is 6.42. The topological polar surface area (TPSA) is 12.0 Å². The van der Waals surface area contributed by atoms with Crippen molar-refractivity contribution in [1.82, 2.24) is 0 Å². The molecule has 0 atom stereocenters. The Morgan fingerprint density at radius 2 is 1.50 bits per heavy atom.